The second-order valence-electron chi connectivity index (χ2n) is 5.52. The van der Waals surface area contributed by atoms with Crippen LogP contribution in [0.5, 0.6) is 0 Å². The molecule has 0 unspecified atom stereocenters. The molecule has 92 valence electrons. The lowest BCUT2D eigenvalue weighted by molar-refractivity contribution is 0.0412. The Morgan fingerprint density at radius 3 is 1.81 bits per heavy atom. The Morgan fingerprint density at radius 1 is 0.875 bits per heavy atom. The van der Waals surface area contributed by atoms with Crippen molar-refractivity contribution in [2.45, 2.75) is 63.5 Å². The van der Waals surface area contributed by atoms with E-state index >= 15 is 0 Å². The molecule has 0 heterocycles. The minimum absolute atomic E-state index is 0.544. The first-order valence-electron chi connectivity index (χ1n) is 6.82. The fourth-order valence-electron chi connectivity index (χ4n) is 3.55. The van der Waals surface area contributed by atoms with Gasteiger partial charge in [0.05, 0.1) is 6.10 Å². The Labute approximate surface area is 99.5 Å². The van der Waals surface area contributed by atoms with Crippen LogP contribution in [0.1, 0.15) is 51.4 Å². The van der Waals surface area contributed by atoms with Crippen molar-refractivity contribution in [3.05, 3.63) is 0 Å². The van der Waals surface area contributed by atoms with Crippen molar-refractivity contribution in [2.75, 3.05) is 7.11 Å². The first kappa shape index (κ1) is 12.1. The highest BCUT2D eigenvalue weighted by molar-refractivity contribution is 5.24. The van der Waals surface area contributed by atoms with E-state index in [2.05, 4.69) is 11.7 Å². The molecule has 0 aliphatic heterocycles. The second-order valence-corrected chi connectivity index (χ2v) is 5.52. The van der Waals surface area contributed by atoms with Gasteiger partial charge in [0.25, 0.3) is 0 Å². The van der Waals surface area contributed by atoms with E-state index in [1.54, 1.807) is 0 Å². The topological polar surface area (TPSA) is 21.6 Å². The van der Waals surface area contributed by atoms with Crippen LogP contribution in [0.2, 0.25) is 0 Å². The van der Waals surface area contributed by atoms with E-state index in [0.717, 1.165) is 11.8 Å². The average molecular weight is 223 g/mol. The van der Waals surface area contributed by atoms with Gasteiger partial charge in [0.15, 0.2) is 0 Å². The Morgan fingerprint density at radius 2 is 1.38 bits per heavy atom. The molecule has 2 aliphatic carbocycles. The van der Waals surface area contributed by atoms with Gasteiger partial charge < -0.3 is 4.74 Å². The molecule has 2 nitrogen and oxygen atoms in total. The number of hydrogen-bond donors (Lipinski definition) is 0. The van der Waals surface area contributed by atoms with Crippen molar-refractivity contribution in [2.24, 2.45) is 16.8 Å². The Balaban J connectivity index is 1.75. The molecule has 0 amide bonds. The van der Waals surface area contributed by atoms with Crippen molar-refractivity contribution >= 4 is 6.72 Å². The SMILES string of the molecule is C=NC1CCC(C2CCC(OC)CC2)CC1. The first-order valence-corrected chi connectivity index (χ1v) is 6.82. The lowest BCUT2D eigenvalue weighted by Crippen LogP contribution is -2.28. The minimum atomic E-state index is 0.544. The zero-order chi connectivity index (χ0) is 11.4. The van der Waals surface area contributed by atoms with Gasteiger partial charge in [-0.15, -0.1) is 0 Å². The summed E-state index contributed by atoms with van der Waals surface area (Å²) >= 11 is 0. The van der Waals surface area contributed by atoms with Crippen LogP contribution in [-0.4, -0.2) is 26.0 Å². The van der Waals surface area contributed by atoms with Gasteiger partial charge in [0, 0.05) is 13.2 Å². The van der Waals surface area contributed by atoms with Crippen molar-refractivity contribution < 1.29 is 4.74 Å². The summed E-state index contributed by atoms with van der Waals surface area (Å²) < 4.78 is 5.44. The second kappa shape index (κ2) is 5.81. The zero-order valence-corrected chi connectivity index (χ0v) is 10.5. The maximum atomic E-state index is 5.44. The van der Waals surface area contributed by atoms with E-state index in [9.17, 15) is 0 Å². The number of rotatable bonds is 3. The average Bonchev–Trinajstić information content (AvgIpc) is 2.39. The van der Waals surface area contributed by atoms with Crippen LogP contribution < -0.4 is 0 Å². The minimum Gasteiger partial charge on any atom is -0.381 e. The van der Waals surface area contributed by atoms with Crippen LogP contribution >= 0.6 is 0 Å². The molecule has 0 aromatic heterocycles. The number of hydrogen-bond acceptors (Lipinski definition) is 2. The summed E-state index contributed by atoms with van der Waals surface area (Å²) in [4.78, 5) is 4.18. The summed E-state index contributed by atoms with van der Waals surface area (Å²) in [5.74, 6) is 1.94. The van der Waals surface area contributed by atoms with Gasteiger partial charge in [-0.05, 0) is 69.9 Å². The summed E-state index contributed by atoms with van der Waals surface area (Å²) in [6, 6.07) is 0.562. The lowest BCUT2D eigenvalue weighted by Gasteiger charge is -2.36. The molecule has 0 aromatic rings. The van der Waals surface area contributed by atoms with E-state index < -0.39 is 0 Å². The Bertz CT molecular complexity index is 213. The van der Waals surface area contributed by atoms with E-state index in [1.165, 1.54) is 51.4 Å². The van der Waals surface area contributed by atoms with Gasteiger partial charge in [-0.1, -0.05) is 0 Å². The highest BCUT2D eigenvalue weighted by Crippen LogP contribution is 2.39. The Hall–Kier alpha value is -0.370. The Kier molecular flexibility index (Phi) is 4.39. The van der Waals surface area contributed by atoms with E-state index in [-0.39, 0.29) is 0 Å². The molecule has 0 aromatic carbocycles. The molecule has 0 radical (unpaired) electrons. The summed E-state index contributed by atoms with van der Waals surface area (Å²) in [7, 11) is 1.85. The molecular formula is C14H25NO. The van der Waals surface area contributed by atoms with Crippen molar-refractivity contribution in [3.8, 4) is 0 Å². The fourth-order valence-corrected chi connectivity index (χ4v) is 3.55. The molecule has 2 fully saturated rings. The molecule has 0 spiro atoms. The molecule has 16 heavy (non-hydrogen) atoms. The summed E-state index contributed by atoms with van der Waals surface area (Å²) in [6.07, 6.45) is 11.2. The molecule has 2 heteroatoms. The van der Waals surface area contributed by atoms with Gasteiger partial charge in [-0.25, -0.2) is 0 Å². The van der Waals surface area contributed by atoms with Crippen LogP contribution in [0, 0.1) is 11.8 Å². The highest BCUT2D eigenvalue weighted by atomic mass is 16.5. The van der Waals surface area contributed by atoms with E-state index in [0.29, 0.717) is 12.1 Å². The summed E-state index contributed by atoms with van der Waals surface area (Å²) in [5.41, 5.74) is 0. The fraction of sp³-hybridized carbons (Fsp3) is 0.929. The smallest absolute Gasteiger partial charge is 0.0571 e. The third kappa shape index (κ3) is 2.85. The predicted octanol–water partition coefficient (Wildman–Crippen LogP) is 3.45. The van der Waals surface area contributed by atoms with Crippen LogP contribution in [0.3, 0.4) is 0 Å². The van der Waals surface area contributed by atoms with Gasteiger partial charge in [-0.3, -0.25) is 4.99 Å². The zero-order valence-electron chi connectivity index (χ0n) is 10.5. The monoisotopic (exact) mass is 223 g/mol. The van der Waals surface area contributed by atoms with Crippen molar-refractivity contribution in [1.29, 1.82) is 0 Å². The molecule has 2 rings (SSSR count). The highest BCUT2D eigenvalue weighted by Gasteiger charge is 2.30. The standard InChI is InChI=1S/C14H25NO/c1-15-13-7-3-11(4-8-13)12-5-9-14(16-2)10-6-12/h11-14H,1,3-10H2,2H3. The van der Waals surface area contributed by atoms with Gasteiger partial charge >= 0.3 is 0 Å². The quantitative estimate of drug-likeness (QED) is 0.671. The molecule has 0 bridgehead atoms. The molecule has 0 N–H and O–H groups in total. The summed E-state index contributed by atoms with van der Waals surface area (Å²) in [6.45, 7) is 3.68. The number of aliphatic imine (C=N–C) groups is 1. The number of methoxy groups -OCH3 is 1. The maximum Gasteiger partial charge on any atom is 0.0571 e. The van der Waals surface area contributed by atoms with Crippen molar-refractivity contribution in [3.63, 3.8) is 0 Å². The number of nitrogens with zero attached hydrogens (tertiary/aromatic N) is 1. The van der Waals surface area contributed by atoms with Crippen LogP contribution in [0.15, 0.2) is 4.99 Å². The van der Waals surface area contributed by atoms with Gasteiger partial charge in [0.2, 0.25) is 0 Å². The molecule has 2 aliphatic rings. The van der Waals surface area contributed by atoms with Crippen molar-refractivity contribution in [1.82, 2.24) is 0 Å². The molecular weight excluding hydrogens is 198 g/mol. The molecule has 0 saturated heterocycles. The number of ether oxygens (including phenoxy) is 1. The first-order chi connectivity index (χ1) is 7.83. The third-order valence-electron chi connectivity index (χ3n) is 4.72. The maximum absolute atomic E-state index is 5.44. The molecule has 0 atom stereocenters. The molecule has 2 saturated carbocycles. The van der Waals surface area contributed by atoms with Crippen LogP contribution in [0.4, 0.5) is 0 Å². The lowest BCUT2D eigenvalue weighted by atomic mass is 9.72. The largest absolute Gasteiger partial charge is 0.381 e. The predicted molar refractivity (Wildman–Crippen MR) is 68.1 cm³/mol. The summed E-state index contributed by atoms with van der Waals surface area (Å²) in [5, 5.41) is 0. The van der Waals surface area contributed by atoms with E-state index in [4.69, 9.17) is 4.74 Å². The van der Waals surface area contributed by atoms with Gasteiger partial charge in [0.1, 0.15) is 0 Å². The van der Waals surface area contributed by atoms with E-state index in [1.807, 2.05) is 7.11 Å². The third-order valence-corrected chi connectivity index (χ3v) is 4.72. The van der Waals surface area contributed by atoms with Crippen LogP contribution in [-0.2, 0) is 4.74 Å². The van der Waals surface area contributed by atoms with Gasteiger partial charge in [-0.2, -0.15) is 0 Å². The van der Waals surface area contributed by atoms with Crippen LogP contribution in [0.25, 0.3) is 0 Å². The normalized spacial score (nSPS) is 40.6.